The van der Waals surface area contributed by atoms with Crippen molar-refractivity contribution in [3.8, 4) is 11.5 Å². The minimum Gasteiger partial charge on any atom is -0.493 e. The highest BCUT2D eigenvalue weighted by Crippen LogP contribution is 2.26. The first-order valence-electron chi connectivity index (χ1n) is 7.88. The number of nitrogens with zero attached hydrogens (tertiary/aromatic N) is 1. The minimum absolute atomic E-state index is 0.691. The molecule has 21 heavy (non-hydrogen) atoms. The summed E-state index contributed by atoms with van der Waals surface area (Å²) in [6.45, 7) is 1.65. The molecule has 4 nitrogen and oxygen atoms in total. The number of hydrogen-bond donors (Lipinski definition) is 1. The standard InChI is InChI=1S/C17H28N2O2/c1-18-14-8-10-15(11-9-14)19(2)12-13-21-17-7-5-4-6-16(17)20-3/h4-7,14-15,18H,8-13H2,1-3H3. The van der Waals surface area contributed by atoms with Crippen molar-refractivity contribution in [3.05, 3.63) is 24.3 Å². The molecule has 1 aromatic carbocycles. The SMILES string of the molecule is CNC1CCC(N(C)CCOc2ccccc2OC)CC1. The Morgan fingerprint density at radius 3 is 2.43 bits per heavy atom. The van der Waals surface area contributed by atoms with Gasteiger partial charge in [-0.1, -0.05) is 12.1 Å². The van der Waals surface area contributed by atoms with Crippen molar-refractivity contribution in [2.24, 2.45) is 0 Å². The van der Waals surface area contributed by atoms with E-state index in [1.54, 1.807) is 7.11 Å². The predicted molar refractivity (Wildman–Crippen MR) is 86.2 cm³/mol. The second-order valence-electron chi connectivity index (χ2n) is 5.77. The Hall–Kier alpha value is -1.26. The third kappa shape index (κ3) is 4.61. The van der Waals surface area contributed by atoms with Crippen LogP contribution in [0.4, 0.5) is 0 Å². The lowest BCUT2D eigenvalue weighted by molar-refractivity contribution is 0.149. The fraction of sp³-hybridized carbons (Fsp3) is 0.647. The van der Waals surface area contributed by atoms with Crippen LogP contribution in [0.25, 0.3) is 0 Å². The van der Waals surface area contributed by atoms with E-state index in [9.17, 15) is 0 Å². The topological polar surface area (TPSA) is 33.7 Å². The molecule has 1 saturated carbocycles. The van der Waals surface area contributed by atoms with E-state index in [1.165, 1.54) is 25.7 Å². The smallest absolute Gasteiger partial charge is 0.161 e. The average molecular weight is 292 g/mol. The van der Waals surface area contributed by atoms with Gasteiger partial charge in [0, 0.05) is 18.6 Å². The molecule has 1 N–H and O–H groups in total. The highest BCUT2D eigenvalue weighted by Gasteiger charge is 2.22. The van der Waals surface area contributed by atoms with Crippen molar-refractivity contribution < 1.29 is 9.47 Å². The lowest BCUT2D eigenvalue weighted by Gasteiger charge is -2.34. The van der Waals surface area contributed by atoms with Gasteiger partial charge in [-0.3, -0.25) is 0 Å². The molecule has 0 heterocycles. The Balaban J connectivity index is 1.73. The molecule has 1 aliphatic rings. The van der Waals surface area contributed by atoms with E-state index in [2.05, 4.69) is 24.3 Å². The molecule has 1 fully saturated rings. The van der Waals surface area contributed by atoms with Gasteiger partial charge in [-0.15, -0.1) is 0 Å². The van der Waals surface area contributed by atoms with Crippen molar-refractivity contribution in [1.29, 1.82) is 0 Å². The van der Waals surface area contributed by atoms with Crippen LogP contribution >= 0.6 is 0 Å². The number of rotatable bonds is 7. The van der Waals surface area contributed by atoms with Crippen LogP contribution in [0.5, 0.6) is 11.5 Å². The summed E-state index contributed by atoms with van der Waals surface area (Å²) in [6.07, 6.45) is 5.10. The van der Waals surface area contributed by atoms with Crippen LogP contribution in [0.2, 0.25) is 0 Å². The van der Waals surface area contributed by atoms with Gasteiger partial charge in [0.25, 0.3) is 0 Å². The first-order chi connectivity index (χ1) is 10.2. The number of para-hydroxylation sites is 2. The summed E-state index contributed by atoms with van der Waals surface area (Å²) < 4.78 is 11.2. The maximum absolute atomic E-state index is 5.85. The summed E-state index contributed by atoms with van der Waals surface area (Å²) in [6, 6.07) is 9.21. The van der Waals surface area contributed by atoms with Crippen LogP contribution in [0.15, 0.2) is 24.3 Å². The highest BCUT2D eigenvalue weighted by atomic mass is 16.5. The molecule has 0 aromatic heterocycles. The Morgan fingerprint density at radius 1 is 1.14 bits per heavy atom. The molecule has 1 aromatic rings. The van der Waals surface area contributed by atoms with E-state index in [-0.39, 0.29) is 0 Å². The maximum atomic E-state index is 5.85. The number of benzene rings is 1. The summed E-state index contributed by atoms with van der Waals surface area (Å²) in [7, 11) is 5.94. The Labute approximate surface area is 128 Å². The zero-order valence-corrected chi connectivity index (χ0v) is 13.5. The molecule has 2 rings (SSSR count). The molecule has 118 valence electrons. The summed E-state index contributed by atoms with van der Waals surface area (Å²) >= 11 is 0. The lowest BCUT2D eigenvalue weighted by atomic mass is 9.90. The summed E-state index contributed by atoms with van der Waals surface area (Å²) in [5.74, 6) is 1.63. The summed E-state index contributed by atoms with van der Waals surface area (Å²) in [5, 5.41) is 3.38. The first-order valence-corrected chi connectivity index (χ1v) is 7.88. The zero-order valence-electron chi connectivity index (χ0n) is 13.5. The first kappa shape index (κ1) is 16.1. The predicted octanol–water partition coefficient (Wildman–Crippen LogP) is 2.54. The molecular formula is C17H28N2O2. The molecular weight excluding hydrogens is 264 g/mol. The number of methoxy groups -OCH3 is 1. The van der Waals surface area contributed by atoms with Crippen molar-refractivity contribution in [1.82, 2.24) is 10.2 Å². The van der Waals surface area contributed by atoms with Gasteiger partial charge in [0.15, 0.2) is 11.5 Å². The third-order valence-electron chi connectivity index (χ3n) is 4.50. The molecule has 1 aliphatic carbocycles. The van der Waals surface area contributed by atoms with Gasteiger partial charge < -0.3 is 19.7 Å². The molecule has 0 bridgehead atoms. The summed E-state index contributed by atoms with van der Waals surface area (Å²) in [5.41, 5.74) is 0. The third-order valence-corrected chi connectivity index (χ3v) is 4.50. The van der Waals surface area contributed by atoms with E-state index in [1.807, 2.05) is 24.3 Å². The Bertz CT molecular complexity index is 417. The average Bonchev–Trinajstić information content (AvgIpc) is 2.55. The molecule has 4 heteroatoms. The number of ether oxygens (including phenoxy) is 2. The normalized spacial score (nSPS) is 22.3. The Morgan fingerprint density at radius 2 is 1.81 bits per heavy atom. The number of hydrogen-bond acceptors (Lipinski definition) is 4. The van der Waals surface area contributed by atoms with Gasteiger partial charge in [0.1, 0.15) is 6.61 Å². The van der Waals surface area contributed by atoms with Crippen LogP contribution in [-0.2, 0) is 0 Å². The van der Waals surface area contributed by atoms with Crippen LogP contribution in [0.1, 0.15) is 25.7 Å². The molecule has 0 amide bonds. The van der Waals surface area contributed by atoms with Gasteiger partial charge in [-0.25, -0.2) is 0 Å². The number of likely N-dealkylation sites (N-methyl/N-ethyl adjacent to an activating group) is 1. The molecule has 0 radical (unpaired) electrons. The largest absolute Gasteiger partial charge is 0.493 e. The van der Waals surface area contributed by atoms with Crippen molar-refractivity contribution in [2.75, 3.05) is 34.4 Å². The second-order valence-corrected chi connectivity index (χ2v) is 5.77. The van der Waals surface area contributed by atoms with Crippen LogP contribution in [0, 0.1) is 0 Å². The molecule has 0 unspecified atom stereocenters. The molecule has 0 aliphatic heterocycles. The molecule has 0 spiro atoms. The fourth-order valence-corrected chi connectivity index (χ4v) is 3.03. The van der Waals surface area contributed by atoms with Crippen molar-refractivity contribution in [3.63, 3.8) is 0 Å². The van der Waals surface area contributed by atoms with Crippen LogP contribution in [-0.4, -0.2) is 51.3 Å². The lowest BCUT2D eigenvalue weighted by Crippen LogP contribution is -2.41. The quantitative estimate of drug-likeness (QED) is 0.837. The van der Waals surface area contributed by atoms with Crippen LogP contribution < -0.4 is 14.8 Å². The van der Waals surface area contributed by atoms with E-state index in [4.69, 9.17) is 9.47 Å². The van der Waals surface area contributed by atoms with Gasteiger partial charge in [0.2, 0.25) is 0 Å². The van der Waals surface area contributed by atoms with Gasteiger partial charge in [-0.2, -0.15) is 0 Å². The second kappa shape index (κ2) is 8.25. The Kier molecular flexibility index (Phi) is 6.33. The van der Waals surface area contributed by atoms with Gasteiger partial charge in [0.05, 0.1) is 7.11 Å². The minimum atomic E-state index is 0.691. The van der Waals surface area contributed by atoms with E-state index >= 15 is 0 Å². The number of nitrogens with one attached hydrogen (secondary N) is 1. The van der Waals surface area contributed by atoms with Crippen LogP contribution in [0.3, 0.4) is 0 Å². The van der Waals surface area contributed by atoms with Gasteiger partial charge >= 0.3 is 0 Å². The van der Waals surface area contributed by atoms with E-state index in [0.717, 1.165) is 18.0 Å². The highest BCUT2D eigenvalue weighted by molar-refractivity contribution is 5.39. The van der Waals surface area contributed by atoms with Gasteiger partial charge in [-0.05, 0) is 51.9 Å². The van der Waals surface area contributed by atoms with Crippen molar-refractivity contribution >= 4 is 0 Å². The van der Waals surface area contributed by atoms with E-state index in [0.29, 0.717) is 18.7 Å². The van der Waals surface area contributed by atoms with E-state index < -0.39 is 0 Å². The molecule has 0 saturated heterocycles. The monoisotopic (exact) mass is 292 g/mol. The molecule has 0 atom stereocenters. The maximum Gasteiger partial charge on any atom is 0.161 e. The summed E-state index contributed by atoms with van der Waals surface area (Å²) in [4.78, 5) is 2.43. The fourth-order valence-electron chi connectivity index (χ4n) is 3.03. The zero-order chi connectivity index (χ0) is 15.1. The van der Waals surface area contributed by atoms with Crippen molar-refractivity contribution in [2.45, 2.75) is 37.8 Å².